The number of amides is 2. The van der Waals surface area contributed by atoms with Crippen LogP contribution in [0.2, 0.25) is 0 Å². The first-order valence-corrected chi connectivity index (χ1v) is 15.0. The third-order valence-electron chi connectivity index (χ3n) is 10.3. The molecule has 216 valence electrons. The Bertz CT molecular complexity index is 834. The van der Waals surface area contributed by atoms with Crippen LogP contribution in [0.25, 0.3) is 0 Å². The van der Waals surface area contributed by atoms with Crippen LogP contribution in [0.1, 0.15) is 83.5 Å². The van der Waals surface area contributed by atoms with Crippen molar-refractivity contribution in [3.8, 4) is 0 Å². The van der Waals surface area contributed by atoms with E-state index in [1.165, 1.54) is 38.5 Å². The molecule has 0 aromatic rings. The average molecular weight is 547 g/mol. The van der Waals surface area contributed by atoms with Gasteiger partial charge in [-0.1, -0.05) is 0 Å². The lowest BCUT2D eigenvalue weighted by Gasteiger charge is -2.56. The first-order valence-electron chi connectivity index (χ1n) is 15.0. The minimum absolute atomic E-state index is 0.0777. The van der Waals surface area contributed by atoms with E-state index in [0.29, 0.717) is 35.5 Å². The number of ether oxygens (including phenoxy) is 4. The number of carbonyl (C=O) groups is 4. The number of esters is 2. The summed E-state index contributed by atoms with van der Waals surface area (Å²) >= 11 is 0. The molecule has 0 radical (unpaired) electrons. The highest BCUT2D eigenvalue weighted by atomic mass is 16.6. The molecule has 8 rings (SSSR count). The Labute approximate surface area is 229 Å². The number of carbonyl (C=O) groups excluding carboxylic acids is 4. The summed E-state index contributed by atoms with van der Waals surface area (Å²) in [6.07, 6.45) is 12.4. The highest BCUT2D eigenvalue weighted by Gasteiger charge is 2.53. The first kappa shape index (κ1) is 26.7. The minimum atomic E-state index is -0.759. The van der Waals surface area contributed by atoms with E-state index < -0.39 is 30.5 Å². The molecule has 2 N–H and O–H groups in total. The molecule has 2 amide bonds. The van der Waals surface area contributed by atoms with Gasteiger partial charge in [0.1, 0.15) is 32.8 Å². The summed E-state index contributed by atoms with van der Waals surface area (Å²) in [6, 6.07) is 0. The Kier molecular flexibility index (Phi) is 7.39. The predicted octanol–water partition coefficient (Wildman–Crippen LogP) is 3.85. The lowest BCUT2D eigenvalue weighted by atomic mass is 9.53. The SMILES string of the molecule is O=C(CC(=O)OCCOC(=O)NC12CC3CC(CC(C3)C1)C2)OCCOC(=O)NC12CC3CC(CC(C3)C1)C2. The van der Waals surface area contributed by atoms with Gasteiger partial charge >= 0.3 is 24.1 Å². The van der Waals surface area contributed by atoms with Crippen LogP contribution >= 0.6 is 0 Å². The van der Waals surface area contributed by atoms with Crippen LogP contribution in [-0.2, 0) is 28.5 Å². The highest BCUT2D eigenvalue weighted by Crippen LogP contribution is 2.56. The summed E-state index contributed by atoms with van der Waals surface area (Å²) in [5, 5.41) is 6.20. The summed E-state index contributed by atoms with van der Waals surface area (Å²) in [5.74, 6) is 2.77. The monoisotopic (exact) mass is 546 g/mol. The maximum Gasteiger partial charge on any atom is 0.407 e. The molecule has 0 aromatic carbocycles. The van der Waals surface area contributed by atoms with Crippen LogP contribution in [-0.4, -0.2) is 61.6 Å². The molecule has 10 nitrogen and oxygen atoms in total. The molecule has 8 aliphatic carbocycles. The molecule has 0 unspecified atom stereocenters. The zero-order chi connectivity index (χ0) is 27.0. The van der Waals surface area contributed by atoms with E-state index in [2.05, 4.69) is 10.6 Å². The number of alkyl carbamates (subject to hydrolysis) is 2. The van der Waals surface area contributed by atoms with E-state index in [-0.39, 0.29) is 37.5 Å². The van der Waals surface area contributed by atoms with Gasteiger partial charge in [-0.2, -0.15) is 0 Å². The third kappa shape index (κ3) is 6.30. The average Bonchev–Trinajstić information content (AvgIpc) is 2.82. The van der Waals surface area contributed by atoms with Crippen molar-refractivity contribution in [1.29, 1.82) is 0 Å². The number of hydrogen-bond donors (Lipinski definition) is 2. The molecule has 39 heavy (non-hydrogen) atoms. The predicted molar refractivity (Wildman–Crippen MR) is 137 cm³/mol. The quantitative estimate of drug-likeness (QED) is 0.183. The molecule has 0 atom stereocenters. The van der Waals surface area contributed by atoms with Crippen molar-refractivity contribution in [3.63, 3.8) is 0 Å². The van der Waals surface area contributed by atoms with E-state index in [4.69, 9.17) is 18.9 Å². The van der Waals surface area contributed by atoms with Gasteiger partial charge < -0.3 is 29.6 Å². The molecular weight excluding hydrogens is 504 g/mol. The molecule has 8 bridgehead atoms. The Hall–Kier alpha value is -2.52. The number of nitrogens with one attached hydrogen (secondary N) is 2. The summed E-state index contributed by atoms with van der Waals surface area (Å²) in [5.41, 5.74) is -0.267. The van der Waals surface area contributed by atoms with E-state index in [1.807, 2.05) is 0 Å². The van der Waals surface area contributed by atoms with Crippen molar-refractivity contribution in [2.24, 2.45) is 35.5 Å². The Balaban J connectivity index is 0.803. The molecule has 0 heterocycles. The lowest BCUT2D eigenvalue weighted by molar-refractivity contribution is -0.155. The Morgan fingerprint density at radius 3 is 1.08 bits per heavy atom. The van der Waals surface area contributed by atoms with Crippen molar-refractivity contribution in [2.75, 3.05) is 26.4 Å². The number of hydrogen-bond acceptors (Lipinski definition) is 8. The summed E-state index contributed by atoms with van der Waals surface area (Å²) in [6.45, 7) is -0.417. The maximum atomic E-state index is 12.3. The van der Waals surface area contributed by atoms with Gasteiger partial charge in [0.2, 0.25) is 0 Å². The second kappa shape index (κ2) is 10.8. The first-order chi connectivity index (χ1) is 18.8. The fourth-order valence-electron chi connectivity index (χ4n) is 9.83. The van der Waals surface area contributed by atoms with Crippen molar-refractivity contribution < 1.29 is 38.1 Å². The fraction of sp³-hybridized carbons (Fsp3) is 0.862. The summed E-state index contributed by atoms with van der Waals surface area (Å²) < 4.78 is 20.4. The van der Waals surface area contributed by atoms with Crippen LogP contribution in [0.5, 0.6) is 0 Å². The van der Waals surface area contributed by atoms with E-state index in [0.717, 1.165) is 38.5 Å². The molecule has 10 heteroatoms. The van der Waals surface area contributed by atoms with Crippen molar-refractivity contribution in [3.05, 3.63) is 0 Å². The topological polar surface area (TPSA) is 129 Å². The van der Waals surface area contributed by atoms with Gasteiger partial charge in [0, 0.05) is 11.1 Å². The highest BCUT2D eigenvalue weighted by molar-refractivity contribution is 5.91. The minimum Gasteiger partial charge on any atom is -0.462 e. The summed E-state index contributed by atoms with van der Waals surface area (Å²) in [7, 11) is 0. The molecule has 0 aromatic heterocycles. The summed E-state index contributed by atoms with van der Waals surface area (Å²) in [4.78, 5) is 48.5. The second-order valence-corrected chi connectivity index (χ2v) is 13.5. The largest absolute Gasteiger partial charge is 0.462 e. The van der Waals surface area contributed by atoms with Gasteiger partial charge in [-0.25, -0.2) is 9.59 Å². The molecule has 8 fully saturated rings. The van der Waals surface area contributed by atoms with Crippen molar-refractivity contribution >= 4 is 24.1 Å². The fourth-order valence-corrected chi connectivity index (χ4v) is 9.83. The molecule has 8 aliphatic rings. The van der Waals surface area contributed by atoms with E-state index in [1.54, 1.807) is 0 Å². The molecule has 8 saturated carbocycles. The molecule has 0 spiro atoms. The number of rotatable bonds is 10. The van der Waals surface area contributed by atoms with Gasteiger partial charge in [0.05, 0.1) is 0 Å². The van der Waals surface area contributed by atoms with Crippen LogP contribution in [0.4, 0.5) is 9.59 Å². The van der Waals surface area contributed by atoms with E-state index in [9.17, 15) is 19.2 Å². The van der Waals surface area contributed by atoms with Crippen LogP contribution in [0.15, 0.2) is 0 Å². The Morgan fingerprint density at radius 1 is 0.487 bits per heavy atom. The molecule has 0 saturated heterocycles. The zero-order valence-corrected chi connectivity index (χ0v) is 22.8. The normalized spacial score (nSPS) is 38.7. The van der Waals surface area contributed by atoms with Crippen molar-refractivity contribution in [2.45, 2.75) is 94.5 Å². The maximum absolute atomic E-state index is 12.3. The van der Waals surface area contributed by atoms with Crippen LogP contribution < -0.4 is 10.6 Å². The van der Waals surface area contributed by atoms with Crippen LogP contribution in [0.3, 0.4) is 0 Å². The molecular formula is C29H42N2O8. The Morgan fingerprint density at radius 2 is 0.769 bits per heavy atom. The zero-order valence-electron chi connectivity index (χ0n) is 22.8. The van der Waals surface area contributed by atoms with Gasteiger partial charge in [-0.05, 0) is 113 Å². The van der Waals surface area contributed by atoms with Crippen molar-refractivity contribution in [1.82, 2.24) is 10.6 Å². The molecule has 0 aliphatic heterocycles. The second-order valence-electron chi connectivity index (χ2n) is 13.5. The van der Waals surface area contributed by atoms with Gasteiger partial charge in [0.25, 0.3) is 0 Å². The van der Waals surface area contributed by atoms with Crippen LogP contribution in [0, 0.1) is 35.5 Å². The van der Waals surface area contributed by atoms with Gasteiger partial charge in [-0.3, -0.25) is 9.59 Å². The van der Waals surface area contributed by atoms with Gasteiger partial charge in [-0.15, -0.1) is 0 Å². The van der Waals surface area contributed by atoms with Gasteiger partial charge in [0.15, 0.2) is 0 Å². The third-order valence-corrected chi connectivity index (χ3v) is 10.3. The smallest absolute Gasteiger partial charge is 0.407 e. The lowest BCUT2D eigenvalue weighted by Crippen LogP contribution is -2.60. The van der Waals surface area contributed by atoms with E-state index >= 15 is 0 Å². The standard InChI is InChI=1S/C29H42N2O8/c32-24(36-1-3-38-26(34)30-28-12-18-5-19(13-28)7-20(6-18)14-28)11-25(33)37-2-4-39-27(35)31-29-15-21-8-22(16-29)10-23(9-21)17-29/h18-23H,1-17H2,(H,30,34)(H,31,35).